The normalized spacial score (nSPS) is 11.4. The number of rotatable bonds is 10. The van der Waals surface area contributed by atoms with Crippen molar-refractivity contribution in [2.24, 2.45) is 0 Å². The average Bonchev–Trinajstić information content (AvgIpc) is 3.93. The third kappa shape index (κ3) is 7.27. The van der Waals surface area contributed by atoms with Crippen LogP contribution in [0.4, 0.5) is 51.2 Å². The first-order valence-corrected chi connectivity index (χ1v) is 23.5. The maximum atomic E-state index is 2.43. The monoisotopic (exact) mass is 867 g/mol. The van der Waals surface area contributed by atoms with Crippen LogP contribution in [-0.2, 0) is 0 Å². The molecule has 0 saturated carbocycles. The van der Waals surface area contributed by atoms with Gasteiger partial charge in [0, 0.05) is 91.5 Å². The van der Waals surface area contributed by atoms with Gasteiger partial charge in [0.25, 0.3) is 0 Å². The van der Waals surface area contributed by atoms with Crippen LogP contribution in [0, 0.1) is 0 Å². The van der Waals surface area contributed by atoms with Gasteiger partial charge in [0.15, 0.2) is 0 Å². The van der Waals surface area contributed by atoms with E-state index in [1.54, 1.807) is 0 Å². The maximum Gasteiger partial charge on any atom is 0.0482 e. The van der Waals surface area contributed by atoms with Crippen molar-refractivity contribution in [3.8, 4) is 11.1 Å². The van der Waals surface area contributed by atoms with Gasteiger partial charge >= 0.3 is 0 Å². The van der Waals surface area contributed by atoms with Crippen LogP contribution < -0.4 is 14.7 Å². The van der Waals surface area contributed by atoms with Crippen molar-refractivity contribution in [1.29, 1.82) is 0 Å². The van der Waals surface area contributed by atoms with Crippen molar-refractivity contribution in [3.05, 3.63) is 249 Å². The molecular weight excluding hydrogens is 827 g/mol. The van der Waals surface area contributed by atoms with E-state index in [2.05, 4.69) is 263 Å². The van der Waals surface area contributed by atoms with E-state index < -0.39 is 0 Å². The number of hydrogen-bond donors (Lipinski definition) is 0. The molecule has 2 heterocycles. The number of hydrogen-bond acceptors (Lipinski definition) is 5. The largest absolute Gasteiger partial charge is 0.310 e. The SMILES string of the molecule is c1ccc(-c2ccc(N(c3ccccc3)c3cccc(N(c4ccc5c(c4)sc4ccc(N(c6ccccc6)c6ccccc6)cc45)c4ccc5sc6ccccc6c5c4)c3)cc2)cc1. The fourth-order valence-electron chi connectivity index (χ4n) is 9.16. The molecule has 5 heteroatoms. The Morgan fingerprint density at radius 2 is 0.554 bits per heavy atom. The van der Waals surface area contributed by atoms with Crippen LogP contribution in [0.3, 0.4) is 0 Å². The summed E-state index contributed by atoms with van der Waals surface area (Å²) in [4.78, 5) is 7.12. The predicted octanol–water partition coefficient (Wildman–Crippen LogP) is 18.5. The van der Waals surface area contributed by atoms with E-state index in [1.165, 1.54) is 51.5 Å². The molecule has 0 unspecified atom stereocenters. The van der Waals surface area contributed by atoms with E-state index in [9.17, 15) is 0 Å². The summed E-state index contributed by atoms with van der Waals surface area (Å²) >= 11 is 3.70. The molecule has 10 aromatic carbocycles. The van der Waals surface area contributed by atoms with Gasteiger partial charge in [0.05, 0.1) is 0 Å². The van der Waals surface area contributed by atoms with Crippen LogP contribution >= 0.6 is 22.7 Å². The minimum Gasteiger partial charge on any atom is -0.310 e. The lowest BCUT2D eigenvalue weighted by atomic mass is 10.0. The van der Waals surface area contributed by atoms with Gasteiger partial charge in [-0.25, -0.2) is 0 Å². The molecule has 0 bridgehead atoms. The van der Waals surface area contributed by atoms with Crippen molar-refractivity contribution < 1.29 is 0 Å². The minimum absolute atomic E-state index is 1.07. The van der Waals surface area contributed by atoms with Gasteiger partial charge in [-0.1, -0.05) is 127 Å². The van der Waals surface area contributed by atoms with Crippen LogP contribution in [0.1, 0.15) is 0 Å². The van der Waals surface area contributed by atoms with Crippen molar-refractivity contribution in [2.45, 2.75) is 0 Å². The molecule has 308 valence electrons. The van der Waals surface area contributed by atoms with E-state index >= 15 is 0 Å². The van der Waals surface area contributed by atoms with Gasteiger partial charge < -0.3 is 14.7 Å². The Bertz CT molecular complexity index is 3560. The summed E-state index contributed by atoms with van der Waals surface area (Å²) in [5.74, 6) is 0. The first-order valence-electron chi connectivity index (χ1n) is 21.9. The third-order valence-electron chi connectivity index (χ3n) is 12.2. The molecule has 0 spiro atoms. The van der Waals surface area contributed by atoms with Crippen LogP contribution in [0.25, 0.3) is 51.5 Å². The lowest BCUT2D eigenvalue weighted by molar-refractivity contribution is 1.25. The summed E-state index contributed by atoms with van der Waals surface area (Å²) in [7, 11) is 0. The Balaban J connectivity index is 0.999. The van der Waals surface area contributed by atoms with E-state index in [4.69, 9.17) is 0 Å². The fraction of sp³-hybridized carbons (Fsp3) is 0. The van der Waals surface area contributed by atoms with E-state index in [0.29, 0.717) is 0 Å². The first kappa shape index (κ1) is 38.7. The number of anilines is 9. The van der Waals surface area contributed by atoms with Gasteiger partial charge in [-0.3, -0.25) is 0 Å². The molecule has 0 aliphatic carbocycles. The van der Waals surface area contributed by atoms with Crippen LogP contribution in [-0.4, -0.2) is 0 Å². The first-order chi connectivity index (χ1) is 32.2. The summed E-state index contributed by atoms with van der Waals surface area (Å²) in [5.41, 5.74) is 12.3. The molecule has 0 amide bonds. The number of thiophene rings is 2. The topological polar surface area (TPSA) is 9.72 Å². The van der Waals surface area contributed by atoms with E-state index in [1.807, 2.05) is 22.7 Å². The molecule has 0 aliphatic heterocycles. The van der Waals surface area contributed by atoms with E-state index in [0.717, 1.165) is 51.2 Å². The van der Waals surface area contributed by atoms with Crippen LogP contribution in [0.2, 0.25) is 0 Å². The van der Waals surface area contributed by atoms with Gasteiger partial charge in [-0.05, 0) is 132 Å². The quantitative estimate of drug-likeness (QED) is 0.136. The van der Waals surface area contributed by atoms with Gasteiger partial charge in [-0.2, -0.15) is 0 Å². The zero-order valence-corrected chi connectivity index (χ0v) is 37.0. The summed E-state index contributed by atoms with van der Waals surface area (Å²) in [6.07, 6.45) is 0. The minimum atomic E-state index is 1.07. The molecule has 65 heavy (non-hydrogen) atoms. The lowest BCUT2D eigenvalue weighted by Crippen LogP contribution is -2.13. The number of fused-ring (bicyclic) bond motifs is 6. The zero-order valence-electron chi connectivity index (χ0n) is 35.3. The molecule has 12 rings (SSSR count). The van der Waals surface area contributed by atoms with Gasteiger partial charge in [0.1, 0.15) is 0 Å². The Hall–Kier alpha value is -7.96. The lowest BCUT2D eigenvalue weighted by Gasteiger charge is -2.29. The second kappa shape index (κ2) is 16.6. The molecule has 0 aliphatic rings. The average molecular weight is 868 g/mol. The molecule has 0 N–H and O–H groups in total. The highest BCUT2D eigenvalue weighted by molar-refractivity contribution is 7.26. The van der Waals surface area contributed by atoms with Gasteiger partial charge in [-0.15, -0.1) is 22.7 Å². The summed E-state index contributed by atoms with van der Waals surface area (Å²) < 4.78 is 5.09. The molecular formula is C60H41N3S2. The van der Waals surface area contributed by atoms with Crippen LogP contribution in [0.5, 0.6) is 0 Å². The molecule has 3 nitrogen and oxygen atoms in total. The number of nitrogens with zero attached hydrogens (tertiary/aromatic N) is 3. The zero-order chi connectivity index (χ0) is 43.1. The Labute approximate surface area is 386 Å². The van der Waals surface area contributed by atoms with E-state index in [-0.39, 0.29) is 0 Å². The standard InChI is InChI=1S/C60H41N3S2/c1-5-16-42(17-6-1)43-28-30-47(31-29-43)62(46-22-11-4-12-23-46)48-24-15-25-49(38-48)63(51-34-36-58-55(40-51)53-26-13-14-27-57(53)64-58)52-32-35-54-56-39-50(33-37-59(56)65-60(54)41-52)61(44-18-7-2-8-19-44)45-20-9-3-10-21-45/h1-41H. The highest BCUT2D eigenvalue weighted by atomic mass is 32.1. The Morgan fingerprint density at radius 1 is 0.200 bits per heavy atom. The van der Waals surface area contributed by atoms with Crippen molar-refractivity contribution >= 4 is 114 Å². The van der Waals surface area contributed by atoms with Crippen molar-refractivity contribution in [1.82, 2.24) is 0 Å². The molecule has 0 saturated heterocycles. The Kier molecular flexibility index (Phi) is 9.90. The summed E-state index contributed by atoms with van der Waals surface area (Å²) in [5, 5.41) is 5.06. The fourth-order valence-corrected chi connectivity index (χ4v) is 11.4. The van der Waals surface area contributed by atoms with Crippen molar-refractivity contribution in [3.63, 3.8) is 0 Å². The highest BCUT2D eigenvalue weighted by Gasteiger charge is 2.21. The van der Waals surface area contributed by atoms with Crippen LogP contribution in [0.15, 0.2) is 249 Å². The maximum absolute atomic E-state index is 2.43. The molecule has 0 radical (unpaired) electrons. The third-order valence-corrected chi connectivity index (χ3v) is 14.5. The number of para-hydroxylation sites is 3. The Morgan fingerprint density at radius 3 is 1.12 bits per heavy atom. The molecule has 0 atom stereocenters. The number of benzene rings is 10. The summed E-state index contributed by atoms with van der Waals surface area (Å²) in [6, 6.07) is 90.0. The second-order valence-corrected chi connectivity index (χ2v) is 18.4. The predicted molar refractivity (Wildman–Crippen MR) is 282 cm³/mol. The molecule has 0 fully saturated rings. The molecule has 12 aromatic rings. The second-order valence-electron chi connectivity index (χ2n) is 16.2. The highest BCUT2D eigenvalue weighted by Crippen LogP contribution is 2.46. The molecule has 2 aromatic heterocycles. The van der Waals surface area contributed by atoms with Gasteiger partial charge in [0.2, 0.25) is 0 Å². The van der Waals surface area contributed by atoms with Crippen molar-refractivity contribution in [2.75, 3.05) is 14.7 Å². The smallest absolute Gasteiger partial charge is 0.0482 e. The summed E-state index contributed by atoms with van der Waals surface area (Å²) in [6.45, 7) is 0.